The maximum absolute atomic E-state index is 11.7. The van der Waals surface area contributed by atoms with E-state index in [2.05, 4.69) is 11.1 Å². The number of benzene rings is 2. The van der Waals surface area contributed by atoms with Crippen molar-refractivity contribution in [3.05, 3.63) is 58.4 Å². The molecule has 1 N–H and O–H groups in total. The minimum absolute atomic E-state index is 0.0833. The third kappa shape index (κ3) is 1.23. The van der Waals surface area contributed by atoms with Gasteiger partial charge in [0.2, 0.25) is 0 Å². The van der Waals surface area contributed by atoms with Crippen LogP contribution in [0, 0.1) is 6.92 Å². The van der Waals surface area contributed by atoms with Crippen molar-refractivity contribution in [2.75, 3.05) is 0 Å². The van der Waals surface area contributed by atoms with Gasteiger partial charge in [-0.1, -0.05) is 18.2 Å². The van der Waals surface area contributed by atoms with Gasteiger partial charge in [-0.2, -0.15) is 0 Å². The van der Waals surface area contributed by atoms with E-state index in [1.165, 1.54) is 0 Å². The molecule has 1 heterocycles. The van der Waals surface area contributed by atoms with Gasteiger partial charge < -0.3 is 4.98 Å². The lowest BCUT2D eigenvalue weighted by Gasteiger charge is -2.04. The molecular formula is C14H11NO. The average molecular weight is 209 g/mol. The highest BCUT2D eigenvalue weighted by Gasteiger charge is 2.02. The van der Waals surface area contributed by atoms with Crippen molar-refractivity contribution >= 4 is 21.7 Å². The van der Waals surface area contributed by atoms with Crippen LogP contribution in [0.4, 0.5) is 0 Å². The molecule has 3 aromatic rings. The van der Waals surface area contributed by atoms with Gasteiger partial charge in [0.15, 0.2) is 5.43 Å². The monoisotopic (exact) mass is 209 g/mol. The van der Waals surface area contributed by atoms with Crippen molar-refractivity contribution in [1.29, 1.82) is 0 Å². The summed E-state index contributed by atoms with van der Waals surface area (Å²) in [7, 11) is 0. The Morgan fingerprint density at radius 2 is 1.69 bits per heavy atom. The predicted octanol–water partition coefficient (Wildman–Crippen LogP) is 2.99. The van der Waals surface area contributed by atoms with Crippen LogP contribution in [0.2, 0.25) is 0 Å². The molecule has 2 nitrogen and oxygen atoms in total. The summed E-state index contributed by atoms with van der Waals surface area (Å²) < 4.78 is 0. The van der Waals surface area contributed by atoms with Crippen LogP contribution in [0.3, 0.4) is 0 Å². The van der Waals surface area contributed by atoms with Crippen molar-refractivity contribution in [3.8, 4) is 0 Å². The van der Waals surface area contributed by atoms with E-state index in [0.717, 1.165) is 27.4 Å². The summed E-state index contributed by atoms with van der Waals surface area (Å²) in [4.78, 5) is 15.0. The second kappa shape index (κ2) is 3.20. The molecule has 0 saturated heterocycles. The minimum Gasteiger partial charge on any atom is -0.359 e. The van der Waals surface area contributed by atoms with E-state index in [1.54, 1.807) is 6.07 Å². The molecule has 0 saturated carbocycles. The van der Waals surface area contributed by atoms with Crippen LogP contribution >= 0.6 is 0 Å². The molecule has 0 unspecified atom stereocenters. The smallest absolute Gasteiger partial charge is 0.186 e. The SMILES string of the molecule is Cc1ccc2c(ccc3c(=O)cccc32)[nH]1. The highest BCUT2D eigenvalue weighted by molar-refractivity contribution is 6.05. The van der Waals surface area contributed by atoms with Crippen LogP contribution in [0.15, 0.2) is 47.3 Å². The molecule has 0 atom stereocenters. The third-order valence-electron chi connectivity index (χ3n) is 2.89. The Bertz CT molecular complexity index is 740. The molecule has 3 rings (SSSR count). The quantitative estimate of drug-likeness (QED) is 0.567. The summed E-state index contributed by atoms with van der Waals surface area (Å²) in [5, 5.41) is 2.90. The second-order valence-corrected chi connectivity index (χ2v) is 4.02. The number of aromatic amines is 1. The van der Waals surface area contributed by atoms with Gasteiger partial charge in [0.1, 0.15) is 0 Å². The number of H-pyrrole nitrogens is 1. The largest absolute Gasteiger partial charge is 0.359 e. The van der Waals surface area contributed by atoms with Gasteiger partial charge in [-0.3, -0.25) is 4.79 Å². The lowest BCUT2D eigenvalue weighted by molar-refractivity contribution is 1.26. The predicted molar refractivity (Wildman–Crippen MR) is 66.8 cm³/mol. The molecule has 0 aliphatic carbocycles. The Kier molecular flexibility index (Phi) is 1.83. The number of fused-ring (bicyclic) bond motifs is 3. The highest BCUT2D eigenvalue weighted by Crippen LogP contribution is 2.21. The molecule has 0 radical (unpaired) electrons. The van der Waals surface area contributed by atoms with Crippen molar-refractivity contribution in [3.63, 3.8) is 0 Å². The molecule has 78 valence electrons. The van der Waals surface area contributed by atoms with Crippen LogP contribution in [-0.4, -0.2) is 4.98 Å². The van der Waals surface area contributed by atoms with Crippen molar-refractivity contribution in [2.24, 2.45) is 0 Å². The summed E-state index contributed by atoms with van der Waals surface area (Å²) in [5.74, 6) is 0. The lowest BCUT2D eigenvalue weighted by atomic mass is 10.0. The number of rotatable bonds is 0. The first kappa shape index (κ1) is 9.16. The summed E-state index contributed by atoms with van der Waals surface area (Å²) in [6, 6.07) is 13.3. The number of hydrogen-bond donors (Lipinski definition) is 1. The molecule has 2 heteroatoms. The van der Waals surface area contributed by atoms with Crippen molar-refractivity contribution < 1.29 is 0 Å². The van der Waals surface area contributed by atoms with E-state index >= 15 is 0 Å². The number of aromatic nitrogens is 1. The van der Waals surface area contributed by atoms with Gasteiger partial charge in [0.25, 0.3) is 0 Å². The van der Waals surface area contributed by atoms with Crippen LogP contribution in [0.1, 0.15) is 5.69 Å². The Labute approximate surface area is 92.5 Å². The van der Waals surface area contributed by atoms with Crippen LogP contribution in [-0.2, 0) is 0 Å². The normalized spacial score (nSPS) is 11.1. The van der Waals surface area contributed by atoms with Crippen molar-refractivity contribution in [1.82, 2.24) is 4.98 Å². The molecule has 2 aromatic carbocycles. The van der Waals surface area contributed by atoms with Gasteiger partial charge >= 0.3 is 0 Å². The van der Waals surface area contributed by atoms with Gasteiger partial charge in [-0.05, 0) is 36.6 Å². The molecule has 0 bridgehead atoms. The van der Waals surface area contributed by atoms with E-state index in [-0.39, 0.29) is 5.43 Å². The molecule has 0 aliphatic heterocycles. The van der Waals surface area contributed by atoms with Crippen LogP contribution < -0.4 is 5.43 Å². The fourth-order valence-corrected chi connectivity index (χ4v) is 2.10. The Morgan fingerprint density at radius 1 is 0.875 bits per heavy atom. The maximum Gasteiger partial charge on any atom is 0.186 e. The zero-order chi connectivity index (χ0) is 11.1. The summed E-state index contributed by atoms with van der Waals surface area (Å²) in [5.41, 5.74) is 2.27. The van der Waals surface area contributed by atoms with E-state index < -0.39 is 0 Å². The molecule has 0 amide bonds. The molecule has 16 heavy (non-hydrogen) atoms. The van der Waals surface area contributed by atoms with Gasteiger partial charge in [0, 0.05) is 22.0 Å². The highest BCUT2D eigenvalue weighted by atomic mass is 16.1. The van der Waals surface area contributed by atoms with E-state index in [1.807, 2.05) is 37.3 Å². The fourth-order valence-electron chi connectivity index (χ4n) is 2.10. The van der Waals surface area contributed by atoms with E-state index in [9.17, 15) is 4.79 Å². The molecule has 0 fully saturated rings. The Morgan fingerprint density at radius 3 is 2.56 bits per heavy atom. The zero-order valence-electron chi connectivity index (χ0n) is 8.95. The van der Waals surface area contributed by atoms with Crippen LogP contribution in [0.5, 0.6) is 0 Å². The first-order chi connectivity index (χ1) is 7.75. The van der Waals surface area contributed by atoms with E-state index in [4.69, 9.17) is 0 Å². The fraction of sp³-hybridized carbons (Fsp3) is 0.0714. The number of hydrogen-bond acceptors (Lipinski definition) is 1. The first-order valence-electron chi connectivity index (χ1n) is 5.27. The topological polar surface area (TPSA) is 32.9 Å². The second-order valence-electron chi connectivity index (χ2n) is 4.02. The standard InChI is InChI=1S/C14H11NO/c1-9-5-6-11-10-3-2-4-14(16)12(10)7-8-13(11)15-9/h2-8,15H,1H3. The van der Waals surface area contributed by atoms with Gasteiger partial charge in [-0.25, -0.2) is 0 Å². The molecule has 1 aromatic heterocycles. The minimum atomic E-state index is 0.0833. The number of pyridine rings is 1. The third-order valence-corrected chi connectivity index (χ3v) is 2.89. The van der Waals surface area contributed by atoms with E-state index in [0.29, 0.717) is 0 Å². The summed E-state index contributed by atoms with van der Waals surface area (Å²) >= 11 is 0. The van der Waals surface area contributed by atoms with Crippen molar-refractivity contribution in [2.45, 2.75) is 6.92 Å². The Hall–Kier alpha value is -2.09. The first-order valence-corrected chi connectivity index (χ1v) is 5.27. The molecule has 0 aliphatic rings. The number of nitrogens with one attached hydrogen (secondary N) is 1. The van der Waals surface area contributed by atoms with Gasteiger partial charge in [0.05, 0.1) is 0 Å². The zero-order valence-corrected chi connectivity index (χ0v) is 8.95. The summed E-state index contributed by atoms with van der Waals surface area (Å²) in [6.45, 7) is 2.02. The molecular weight excluding hydrogens is 198 g/mol. The summed E-state index contributed by atoms with van der Waals surface area (Å²) in [6.07, 6.45) is 0. The average Bonchev–Trinajstić information content (AvgIpc) is 2.28. The number of aryl methyl sites for hydroxylation is 1. The van der Waals surface area contributed by atoms with Gasteiger partial charge in [-0.15, -0.1) is 0 Å². The molecule has 0 spiro atoms. The van der Waals surface area contributed by atoms with Crippen LogP contribution in [0.25, 0.3) is 21.7 Å². The Balaban J connectivity index is 2.60. The maximum atomic E-state index is 11.7. The lowest BCUT2D eigenvalue weighted by Crippen LogP contribution is -1.98.